The minimum atomic E-state index is -4.64. The summed E-state index contributed by atoms with van der Waals surface area (Å²) in [6.45, 7) is 1.91. The van der Waals surface area contributed by atoms with Gasteiger partial charge in [-0.1, -0.05) is 12.1 Å². The van der Waals surface area contributed by atoms with Gasteiger partial charge in [-0.05, 0) is 36.0 Å². The first kappa shape index (κ1) is 15.1. The second-order valence-electron chi connectivity index (χ2n) is 4.86. The molecule has 0 radical (unpaired) electrons. The second kappa shape index (κ2) is 6.45. The Morgan fingerprint density at radius 3 is 2.65 bits per heavy atom. The highest BCUT2D eigenvalue weighted by molar-refractivity contribution is 5.42. The lowest BCUT2D eigenvalue weighted by Gasteiger charge is -2.14. The third kappa shape index (κ3) is 4.68. The van der Waals surface area contributed by atoms with Gasteiger partial charge in [-0.15, -0.1) is 13.2 Å². The van der Waals surface area contributed by atoms with Crippen molar-refractivity contribution < 1.29 is 22.6 Å². The topological polar surface area (TPSA) is 30.5 Å². The van der Waals surface area contributed by atoms with Crippen molar-refractivity contribution in [1.29, 1.82) is 0 Å². The van der Waals surface area contributed by atoms with E-state index in [2.05, 4.69) is 10.1 Å². The highest BCUT2D eigenvalue weighted by atomic mass is 19.4. The third-order valence-electron chi connectivity index (χ3n) is 3.13. The molecule has 1 aliphatic rings. The van der Waals surface area contributed by atoms with Crippen LogP contribution < -0.4 is 10.1 Å². The fraction of sp³-hybridized carbons (Fsp3) is 0.571. The van der Waals surface area contributed by atoms with E-state index in [9.17, 15) is 13.2 Å². The lowest BCUT2D eigenvalue weighted by molar-refractivity contribution is -0.274. The number of ether oxygens (including phenoxy) is 2. The summed E-state index contributed by atoms with van der Waals surface area (Å²) in [5.74, 6) is 0.131. The summed E-state index contributed by atoms with van der Waals surface area (Å²) >= 11 is 0. The van der Waals surface area contributed by atoms with Crippen LogP contribution in [0.4, 0.5) is 13.2 Å². The molecule has 0 aliphatic heterocycles. The fourth-order valence-electron chi connectivity index (χ4n) is 2.05. The molecule has 0 atom stereocenters. The zero-order valence-corrected chi connectivity index (χ0v) is 11.3. The maximum atomic E-state index is 12.3. The fourth-order valence-corrected chi connectivity index (χ4v) is 2.05. The average molecular weight is 289 g/mol. The molecule has 3 nitrogen and oxygen atoms in total. The van der Waals surface area contributed by atoms with E-state index in [1.807, 2.05) is 0 Å². The molecule has 1 fully saturated rings. The van der Waals surface area contributed by atoms with E-state index in [0.717, 1.165) is 18.4 Å². The number of methoxy groups -OCH3 is 1. The Kier molecular flexibility index (Phi) is 4.88. The van der Waals surface area contributed by atoms with Crippen molar-refractivity contribution in [3.8, 4) is 5.75 Å². The van der Waals surface area contributed by atoms with E-state index >= 15 is 0 Å². The SMILES string of the molecule is COCCNCc1ccc(OC(F)(F)F)c(C2CC2)c1. The van der Waals surface area contributed by atoms with Crippen molar-refractivity contribution in [3.05, 3.63) is 29.3 Å². The molecule has 1 saturated carbocycles. The third-order valence-corrected chi connectivity index (χ3v) is 3.13. The van der Waals surface area contributed by atoms with Crippen LogP contribution in [0, 0.1) is 0 Å². The zero-order chi connectivity index (χ0) is 14.6. The van der Waals surface area contributed by atoms with Crippen LogP contribution in [-0.2, 0) is 11.3 Å². The lowest BCUT2D eigenvalue weighted by atomic mass is 10.1. The molecule has 0 bridgehead atoms. The zero-order valence-electron chi connectivity index (χ0n) is 11.3. The van der Waals surface area contributed by atoms with Crippen LogP contribution in [0.15, 0.2) is 18.2 Å². The number of hydrogen-bond acceptors (Lipinski definition) is 3. The van der Waals surface area contributed by atoms with Gasteiger partial charge < -0.3 is 14.8 Å². The molecule has 0 heterocycles. The minimum absolute atomic E-state index is 0.0689. The summed E-state index contributed by atoms with van der Waals surface area (Å²) in [5, 5.41) is 3.17. The van der Waals surface area contributed by atoms with Gasteiger partial charge in [-0.3, -0.25) is 0 Å². The van der Waals surface area contributed by atoms with E-state index in [1.165, 1.54) is 6.07 Å². The summed E-state index contributed by atoms with van der Waals surface area (Å²) in [7, 11) is 1.62. The molecular formula is C14H18F3NO2. The standard InChI is InChI=1S/C14H18F3NO2/c1-19-7-6-18-9-10-2-5-13(20-14(15,16)17)12(8-10)11-3-4-11/h2,5,8,11,18H,3-4,6-7,9H2,1H3. The highest BCUT2D eigenvalue weighted by Gasteiger charge is 2.35. The van der Waals surface area contributed by atoms with E-state index in [-0.39, 0.29) is 11.7 Å². The molecule has 112 valence electrons. The molecule has 2 rings (SSSR count). The molecule has 0 saturated heterocycles. The van der Waals surface area contributed by atoms with Crippen molar-refractivity contribution >= 4 is 0 Å². The van der Waals surface area contributed by atoms with Gasteiger partial charge in [0, 0.05) is 20.2 Å². The molecule has 0 unspecified atom stereocenters. The Balaban J connectivity index is 2.03. The Morgan fingerprint density at radius 2 is 2.05 bits per heavy atom. The van der Waals surface area contributed by atoms with Crippen molar-refractivity contribution in [2.24, 2.45) is 0 Å². The van der Waals surface area contributed by atoms with Crippen molar-refractivity contribution in [3.63, 3.8) is 0 Å². The molecule has 6 heteroatoms. The lowest BCUT2D eigenvalue weighted by Crippen LogP contribution is -2.19. The number of nitrogens with one attached hydrogen (secondary N) is 1. The Labute approximate surface area is 116 Å². The van der Waals surface area contributed by atoms with Crippen LogP contribution >= 0.6 is 0 Å². The van der Waals surface area contributed by atoms with Crippen LogP contribution in [0.3, 0.4) is 0 Å². The largest absolute Gasteiger partial charge is 0.573 e. The smallest absolute Gasteiger partial charge is 0.405 e. The minimum Gasteiger partial charge on any atom is -0.405 e. The maximum Gasteiger partial charge on any atom is 0.573 e. The van der Waals surface area contributed by atoms with Crippen molar-refractivity contribution in [1.82, 2.24) is 5.32 Å². The van der Waals surface area contributed by atoms with Gasteiger partial charge in [0.1, 0.15) is 5.75 Å². The quantitative estimate of drug-likeness (QED) is 0.782. The van der Waals surface area contributed by atoms with Gasteiger partial charge in [0.05, 0.1) is 6.61 Å². The summed E-state index contributed by atoms with van der Waals surface area (Å²) in [6, 6.07) is 4.87. The van der Waals surface area contributed by atoms with E-state index < -0.39 is 6.36 Å². The number of alkyl halides is 3. The van der Waals surface area contributed by atoms with Gasteiger partial charge in [0.2, 0.25) is 0 Å². The van der Waals surface area contributed by atoms with E-state index in [1.54, 1.807) is 19.2 Å². The van der Waals surface area contributed by atoms with Gasteiger partial charge >= 0.3 is 6.36 Å². The van der Waals surface area contributed by atoms with Crippen molar-refractivity contribution in [2.45, 2.75) is 31.7 Å². The number of rotatable bonds is 7. The van der Waals surface area contributed by atoms with Crippen molar-refractivity contribution in [2.75, 3.05) is 20.3 Å². The summed E-state index contributed by atoms with van der Waals surface area (Å²) in [4.78, 5) is 0. The number of benzene rings is 1. The first-order valence-electron chi connectivity index (χ1n) is 6.58. The Bertz CT molecular complexity index is 445. The molecule has 1 N–H and O–H groups in total. The molecule has 1 aromatic rings. The van der Waals surface area contributed by atoms with E-state index in [4.69, 9.17) is 4.74 Å². The molecule has 1 aliphatic carbocycles. The summed E-state index contributed by atoms with van der Waals surface area (Å²) in [6.07, 6.45) is -2.79. The molecular weight excluding hydrogens is 271 g/mol. The van der Waals surface area contributed by atoms with Crippen LogP contribution in [0.5, 0.6) is 5.75 Å². The predicted molar refractivity (Wildman–Crippen MR) is 68.7 cm³/mol. The molecule has 20 heavy (non-hydrogen) atoms. The summed E-state index contributed by atoms with van der Waals surface area (Å²) in [5.41, 5.74) is 1.62. The summed E-state index contributed by atoms with van der Waals surface area (Å²) < 4.78 is 46.0. The first-order valence-corrected chi connectivity index (χ1v) is 6.58. The second-order valence-corrected chi connectivity index (χ2v) is 4.86. The predicted octanol–water partition coefficient (Wildman–Crippen LogP) is 3.20. The average Bonchev–Trinajstić information content (AvgIpc) is 3.18. The Morgan fingerprint density at radius 1 is 1.30 bits per heavy atom. The first-order chi connectivity index (χ1) is 9.49. The normalized spacial score (nSPS) is 15.4. The Hall–Kier alpha value is -1.27. The van der Waals surface area contributed by atoms with Crippen LogP contribution in [-0.4, -0.2) is 26.6 Å². The van der Waals surface area contributed by atoms with Gasteiger partial charge in [-0.25, -0.2) is 0 Å². The van der Waals surface area contributed by atoms with Crippen LogP contribution in [0.1, 0.15) is 29.9 Å². The van der Waals surface area contributed by atoms with E-state index in [0.29, 0.717) is 25.3 Å². The van der Waals surface area contributed by atoms with Crippen LogP contribution in [0.25, 0.3) is 0 Å². The molecule has 1 aromatic carbocycles. The van der Waals surface area contributed by atoms with Gasteiger partial charge in [0.25, 0.3) is 0 Å². The molecule has 0 aromatic heterocycles. The van der Waals surface area contributed by atoms with Gasteiger partial charge in [0.15, 0.2) is 0 Å². The molecule has 0 spiro atoms. The molecule has 0 amide bonds. The maximum absolute atomic E-state index is 12.3. The highest BCUT2D eigenvalue weighted by Crippen LogP contribution is 2.45. The van der Waals surface area contributed by atoms with Crippen LogP contribution in [0.2, 0.25) is 0 Å². The number of hydrogen-bond donors (Lipinski definition) is 1. The monoisotopic (exact) mass is 289 g/mol. The number of halogens is 3. The van der Waals surface area contributed by atoms with Gasteiger partial charge in [-0.2, -0.15) is 0 Å².